The van der Waals surface area contributed by atoms with E-state index >= 15 is 0 Å². The van der Waals surface area contributed by atoms with Gasteiger partial charge in [-0.3, -0.25) is 9.59 Å². The second-order valence-electron chi connectivity index (χ2n) is 7.98. The molecule has 0 fully saturated rings. The van der Waals surface area contributed by atoms with Gasteiger partial charge < -0.3 is 5.32 Å². The largest absolute Gasteiger partial charge is 0.325 e. The van der Waals surface area contributed by atoms with Crippen LogP contribution in [0.15, 0.2) is 77.7 Å². The smallest absolute Gasteiger partial charge is 0.244 e. The van der Waals surface area contributed by atoms with Gasteiger partial charge >= 0.3 is 0 Å². The molecule has 0 aliphatic carbocycles. The van der Waals surface area contributed by atoms with Gasteiger partial charge in [-0.1, -0.05) is 54.1 Å². The first kappa shape index (κ1) is 21.9. The van der Waals surface area contributed by atoms with Gasteiger partial charge in [0.1, 0.15) is 6.04 Å². The highest BCUT2D eigenvalue weighted by atomic mass is 32.2. The highest BCUT2D eigenvalue weighted by molar-refractivity contribution is 7.89. The highest BCUT2D eigenvalue weighted by Crippen LogP contribution is 2.30. The number of Topliss-reactive ketones (excluding diaryl/α,β-unsaturated/α-hetero) is 1. The molecule has 6 nitrogen and oxygen atoms in total. The standard InChI is InChI=1S/C25H24N2O4S/c1-17-10-12-23(13-11-17)32(30,31)27-16-21-7-4-3-6-20(21)15-24(27)25(29)26-22-9-5-8-19(14-22)18(2)28/h3-14,24H,15-16H2,1-2H3,(H,26,29)/t24-/m0/s1. The topological polar surface area (TPSA) is 83.6 Å². The summed E-state index contributed by atoms with van der Waals surface area (Å²) in [5.74, 6) is -0.549. The lowest BCUT2D eigenvalue weighted by atomic mass is 9.95. The Hall–Kier alpha value is -3.29. The van der Waals surface area contributed by atoms with E-state index in [2.05, 4.69) is 5.32 Å². The maximum Gasteiger partial charge on any atom is 0.244 e. The monoisotopic (exact) mass is 448 g/mol. The maximum absolute atomic E-state index is 13.5. The van der Waals surface area contributed by atoms with E-state index in [0.717, 1.165) is 16.7 Å². The number of carbonyl (C=O) groups is 2. The van der Waals surface area contributed by atoms with Crippen molar-refractivity contribution in [3.63, 3.8) is 0 Å². The van der Waals surface area contributed by atoms with E-state index in [1.807, 2.05) is 31.2 Å². The quantitative estimate of drug-likeness (QED) is 0.599. The minimum absolute atomic E-state index is 0.109. The minimum atomic E-state index is -3.91. The zero-order chi connectivity index (χ0) is 22.9. The Balaban J connectivity index is 1.70. The summed E-state index contributed by atoms with van der Waals surface area (Å²) in [6, 6.07) is 19.9. The van der Waals surface area contributed by atoms with E-state index in [1.165, 1.54) is 11.2 Å². The van der Waals surface area contributed by atoms with E-state index in [0.29, 0.717) is 11.3 Å². The lowest BCUT2D eigenvalue weighted by Crippen LogP contribution is -2.50. The molecule has 1 heterocycles. The number of aryl methyl sites for hydroxylation is 1. The van der Waals surface area contributed by atoms with Gasteiger partial charge in [0.05, 0.1) is 4.90 Å². The van der Waals surface area contributed by atoms with Gasteiger partial charge in [-0.05, 0) is 55.7 Å². The number of hydrogen-bond donors (Lipinski definition) is 1. The van der Waals surface area contributed by atoms with Crippen molar-refractivity contribution in [3.05, 3.63) is 95.1 Å². The fraction of sp³-hybridized carbons (Fsp3) is 0.200. The third-order valence-corrected chi connectivity index (χ3v) is 7.54. The molecule has 1 N–H and O–H groups in total. The summed E-state index contributed by atoms with van der Waals surface area (Å²) < 4.78 is 28.3. The van der Waals surface area contributed by atoms with Crippen LogP contribution in [-0.4, -0.2) is 30.5 Å². The van der Waals surface area contributed by atoms with E-state index in [9.17, 15) is 18.0 Å². The molecular formula is C25H24N2O4S. The molecule has 1 atom stereocenters. The van der Waals surface area contributed by atoms with Crippen LogP contribution in [0.25, 0.3) is 0 Å². The fourth-order valence-electron chi connectivity index (χ4n) is 3.86. The first-order valence-electron chi connectivity index (χ1n) is 10.3. The van der Waals surface area contributed by atoms with Crippen molar-refractivity contribution < 1.29 is 18.0 Å². The summed E-state index contributed by atoms with van der Waals surface area (Å²) >= 11 is 0. The van der Waals surface area contributed by atoms with Crippen LogP contribution in [0.5, 0.6) is 0 Å². The molecule has 32 heavy (non-hydrogen) atoms. The second-order valence-corrected chi connectivity index (χ2v) is 9.87. The van der Waals surface area contributed by atoms with Crippen molar-refractivity contribution in [2.75, 3.05) is 5.32 Å². The number of benzene rings is 3. The number of hydrogen-bond acceptors (Lipinski definition) is 4. The Labute approximate surface area is 187 Å². The van der Waals surface area contributed by atoms with Crippen molar-refractivity contribution in [2.24, 2.45) is 0 Å². The predicted octanol–water partition coefficient (Wildman–Crippen LogP) is 3.95. The summed E-state index contributed by atoms with van der Waals surface area (Å²) in [6.45, 7) is 3.45. The molecule has 7 heteroatoms. The van der Waals surface area contributed by atoms with Crippen LogP contribution < -0.4 is 5.32 Å². The van der Waals surface area contributed by atoms with Gasteiger partial charge in [-0.15, -0.1) is 0 Å². The third kappa shape index (κ3) is 4.35. The molecule has 3 aromatic rings. The van der Waals surface area contributed by atoms with Gasteiger partial charge in [0.25, 0.3) is 0 Å². The minimum Gasteiger partial charge on any atom is -0.325 e. The molecule has 0 saturated carbocycles. The summed E-state index contributed by atoms with van der Waals surface area (Å²) in [6.07, 6.45) is 0.263. The molecule has 1 aliphatic rings. The Morgan fingerprint density at radius 2 is 1.62 bits per heavy atom. The molecule has 0 saturated heterocycles. The Bertz CT molecular complexity index is 1280. The van der Waals surface area contributed by atoms with Crippen molar-refractivity contribution in [2.45, 2.75) is 37.8 Å². The van der Waals surface area contributed by atoms with Crippen LogP contribution in [-0.2, 0) is 27.8 Å². The van der Waals surface area contributed by atoms with E-state index < -0.39 is 22.0 Å². The van der Waals surface area contributed by atoms with E-state index in [1.54, 1.807) is 48.5 Å². The molecule has 1 amide bonds. The Kier molecular flexibility index (Phi) is 5.95. The number of sulfonamides is 1. The number of ketones is 1. The maximum atomic E-state index is 13.5. The van der Waals surface area contributed by atoms with E-state index in [-0.39, 0.29) is 23.6 Å². The van der Waals surface area contributed by atoms with Gasteiger partial charge in [0.15, 0.2) is 5.78 Å². The van der Waals surface area contributed by atoms with Crippen molar-refractivity contribution >= 4 is 27.4 Å². The average molecular weight is 449 g/mol. The normalized spacial score (nSPS) is 16.2. The van der Waals surface area contributed by atoms with Crippen LogP contribution in [0.4, 0.5) is 5.69 Å². The first-order chi connectivity index (χ1) is 15.3. The molecule has 0 radical (unpaired) electrons. The lowest BCUT2D eigenvalue weighted by Gasteiger charge is -2.35. The SMILES string of the molecule is CC(=O)c1cccc(NC(=O)[C@@H]2Cc3ccccc3CN2S(=O)(=O)c2ccc(C)cc2)c1. The highest BCUT2D eigenvalue weighted by Gasteiger charge is 2.39. The molecule has 0 unspecified atom stereocenters. The number of carbonyl (C=O) groups excluding carboxylic acids is 2. The summed E-state index contributed by atoms with van der Waals surface area (Å²) in [7, 11) is -3.91. The lowest BCUT2D eigenvalue weighted by molar-refractivity contribution is -0.120. The third-order valence-electron chi connectivity index (χ3n) is 5.67. The number of anilines is 1. The molecule has 4 rings (SSSR count). The van der Waals surface area contributed by atoms with Crippen LogP contribution >= 0.6 is 0 Å². The van der Waals surface area contributed by atoms with Gasteiger partial charge in [0.2, 0.25) is 15.9 Å². The molecular weight excluding hydrogens is 424 g/mol. The summed E-state index contributed by atoms with van der Waals surface area (Å²) in [5, 5.41) is 2.80. The zero-order valence-corrected chi connectivity index (χ0v) is 18.7. The fourth-order valence-corrected chi connectivity index (χ4v) is 5.43. The van der Waals surface area contributed by atoms with Crippen molar-refractivity contribution in [1.82, 2.24) is 4.31 Å². The van der Waals surface area contributed by atoms with Gasteiger partial charge in [0, 0.05) is 17.8 Å². The molecule has 0 spiro atoms. The Morgan fingerprint density at radius 1 is 0.938 bits per heavy atom. The zero-order valence-electron chi connectivity index (χ0n) is 17.9. The number of nitrogens with zero attached hydrogens (tertiary/aromatic N) is 1. The predicted molar refractivity (Wildman–Crippen MR) is 123 cm³/mol. The second kappa shape index (κ2) is 8.68. The van der Waals surface area contributed by atoms with Gasteiger partial charge in [-0.25, -0.2) is 8.42 Å². The first-order valence-corrected chi connectivity index (χ1v) is 11.8. The van der Waals surface area contributed by atoms with Crippen LogP contribution in [0.3, 0.4) is 0 Å². The van der Waals surface area contributed by atoms with Crippen molar-refractivity contribution in [3.8, 4) is 0 Å². The van der Waals surface area contributed by atoms with Crippen LogP contribution in [0, 0.1) is 6.92 Å². The molecule has 0 bridgehead atoms. The average Bonchev–Trinajstić information content (AvgIpc) is 2.78. The number of rotatable bonds is 5. The number of amides is 1. The number of fused-ring (bicyclic) bond motifs is 1. The molecule has 164 valence electrons. The summed E-state index contributed by atoms with van der Waals surface area (Å²) in [5.41, 5.74) is 3.70. The van der Waals surface area contributed by atoms with Gasteiger partial charge in [-0.2, -0.15) is 4.31 Å². The van der Waals surface area contributed by atoms with Crippen molar-refractivity contribution in [1.29, 1.82) is 0 Å². The van der Waals surface area contributed by atoms with Crippen LogP contribution in [0.2, 0.25) is 0 Å². The Morgan fingerprint density at radius 3 is 2.31 bits per heavy atom. The van der Waals surface area contributed by atoms with Crippen LogP contribution in [0.1, 0.15) is 34.0 Å². The molecule has 0 aromatic heterocycles. The van der Waals surface area contributed by atoms with E-state index in [4.69, 9.17) is 0 Å². The number of nitrogens with one attached hydrogen (secondary N) is 1. The molecule has 3 aromatic carbocycles. The molecule has 1 aliphatic heterocycles. The summed E-state index contributed by atoms with van der Waals surface area (Å²) in [4.78, 5) is 25.1.